The van der Waals surface area contributed by atoms with Crippen molar-refractivity contribution in [2.45, 2.75) is 13.1 Å². The summed E-state index contributed by atoms with van der Waals surface area (Å²) in [6.07, 6.45) is 0.193. The highest BCUT2D eigenvalue weighted by molar-refractivity contribution is 6.21. The van der Waals surface area contributed by atoms with Gasteiger partial charge in [0, 0.05) is 6.54 Å². The molecule has 0 unspecified atom stereocenters. The Balaban J connectivity index is 2.10. The Morgan fingerprint density at radius 1 is 1.00 bits per heavy atom. The first-order valence-electron chi connectivity index (χ1n) is 8.17. The molecule has 0 radical (unpaired) electrons. The minimum Gasteiger partial charge on any atom is -0.348 e. The Hall–Kier alpha value is -3.15. The van der Waals surface area contributed by atoms with Crippen molar-refractivity contribution in [2.24, 2.45) is 0 Å². The smallest absolute Gasteiger partial charge is 0.348 e. The van der Waals surface area contributed by atoms with E-state index in [0.717, 1.165) is 23.8 Å². The molecule has 0 saturated carbocycles. The molecule has 3 nitrogen and oxygen atoms in total. The van der Waals surface area contributed by atoms with Gasteiger partial charge in [0.05, 0.1) is 11.1 Å². The molecule has 0 bridgehead atoms. The van der Waals surface area contributed by atoms with Crippen molar-refractivity contribution < 1.29 is 22.8 Å². The van der Waals surface area contributed by atoms with Crippen LogP contribution in [-0.4, -0.2) is 18.2 Å². The van der Waals surface area contributed by atoms with Gasteiger partial charge in [-0.15, -0.1) is 0 Å². The van der Waals surface area contributed by atoms with E-state index < -0.39 is 23.4 Å². The number of amides is 1. The van der Waals surface area contributed by atoms with Crippen LogP contribution in [0.15, 0.2) is 66.2 Å². The summed E-state index contributed by atoms with van der Waals surface area (Å²) in [5.74, 6) is -1.17. The molecule has 6 heteroatoms. The van der Waals surface area contributed by atoms with Gasteiger partial charge in [0.15, 0.2) is 5.78 Å². The van der Waals surface area contributed by atoms with E-state index in [-0.39, 0.29) is 17.7 Å². The van der Waals surface area contributed by atoms with Gasteiger partial charge < -0.3 is 5.32 Å². The van der Waals surface area contributed by atoms with Crippen LogP contribution in [0.5, 0.6) is 0 Å². The Labute approximate surface area is 155 Å². The van der Waals surface area contributed by atoms with E-state index in [2.05, 4.69) is 5.32 Å². The zero-order valence-corrected chi connectivity index (χ0v) is 14.6. The Bertz CT molecular complexity index is 868. The Morgan fingerprint density at radius 2 is 1.67 bits per heavy atom. The van der Waals surface area contributed by atoms with Gasteiger partial charge >= 0.3 is 6.18 Å². The molecule has 0 atom stereocenters. The Kier molecular flexibility index (Phi) is 6.71. The summed E-state index contributed by atoms with van der Waals surface area (Å²) in [4.78, 5) is 24.0. The third kappa shape index (κ3) is 6.26. The molecule has 1 N–H and O–H groups in total. The summed E-state index contributed by atoms with van der Waals surface area (Å²) in [6, 6.07) is 13.9. The van der Waals surface area contributed by atoms with Crippen molar-refractivity contribution in [2.75, 3.05) is 6.54 Å². The van der Waals surface area contributed by atoms with Crippen LogP contribution in [0.2, 0.25) is 0 Å². The number of hydrogen-bond donors (Lipinski definition) is 1. The second-order valence-electron chi connectivity index (χ2n) is 5.76. The topological polar surface area (TPSA) is 46.2 Å². The predicted molar refractivity (Wildman–Crippen MR) is 98.6 cm³/mol. The summed E-state index contributed by atoms with van der Waals surface area (Å²) < 4.78 is 38.4. The normalized spacial score (nSPS) is 12.2. The quantitative estimate of drug-likeness (QED) is 0.460. The number of carbonyl (C=O) groups excluding carboxylic acids is 2. The number of rotatable bonds is 6. The number of carbonyl (C=O) groups is 2. The molecule has 0 saturated heterocycles. The lowest BCUT2D eigenvalue weighted by molar-refractivity contribution is -0.137. The molecular weight excluding hydrogens is 355 g/mol. The number of ketones is 1. The van der Waals surface area contributed by atoms with Crippen LogP contribution in [0.3, 0.4) is 0 Å². The predicted octanol–water partition coefficient (Wildman–Crippen LogP) is 4.51. The minimum atomic E-state index is -4.50. The van der Waals surface area contributed by atoms with Gasteiger partial charge in [-0.2, -0.15) is 13.2 Å². The van der Waals surface area contributed by atoms with Crippen LogP contribution in [0.25, 0.3) is 12.2 Å². The summed E-state index contributed by atoms with van der Waals surface area (Å²) in [5.41, 5.74) is 0.0378. The fourth-order valence-electron chi connectivity index (χ4n) is 2.30. The summed E-state index contributed by atoms with van der Waals surface area (Å²) in [5, 5.41) is 2.56. The SMILES string of the molecule is CC(=O)/C(=C/c1cccc(C(F)(F)F)c1)C(=O)NC/C=C/c1ccccc1. The molecule has 2 rings (SSSR count). The highest BCUT2D eigenvalue weighted by Crippen LogP contribution is 2.30. The molecule has 0 spiro atoms. The molecule has 1 amide bonds. The van der Waals surface area contributed by atoms with E-state index in [1.54, 1.807) is 6.08 Å². The number of alkyl halides is 3. The molecule has 0 fully saturated rings. The van der Waals surface area contributed by atoms with Crippen molar-refractivity contribution in [3.63, 3.8) is 0 Å². The highest BCUT2D eigenvalue weighted by Gasteiger charge is 2.30. The van der Waals surface area contributed by atoms with E-state index >= 15 is 0 Å². The van der Waals surface area contributed by atoms with E-state index in [1.807, 2.05) is 36.4 Å². The summed E-state index contributed by atoms with van der Waals surface area (Å²) >= 11 is 0. The van der Waals surface area contributed by atoms with Crippen LogP contribution in [0.1, 0.15) is 23.6 Å². The van der Waals surface area contributed by atoms with Crippen LogP contribution in [0, 0.1) is 0 Å². The lowest BCUT2D eigenvalue weighted by Gasteiger charge is -2.08. The maximum absolute atomic E-state index is 12.8. The molecule has 0 aromatic heterocycles. The minimum absolute atomic E-state index is 0.130. The van der Waals surface area contributed by atoms with Crippen molar-refractivity contribution in [3.05, 3.63) is 82.9 Å². The van der Waals surface area contributed by atoms with Crippen LogP contribution in [0.4, 0.5) is 13.2 Å². The largest absolute Gasteiger partial charge is 0.416 e. The second kappa shape index (κ2) is 8.98. The van der Waals surface area contributed by atoms with Crippen LogP contribution >= 0.6 is 0 Å². The fourth-order valence-corrected chi connectivity index (χ4v) is 2.30. The molecule has 0 heterocycles. The lowest BCUT2D eigenvalue weighted by atomic mass is 10.0. The molecule has 2 aromatic rings. The molecule has 0 aliphatic carbocycles. The standard InChI is InChI=1S/C21H18F3NO2/c1-15(26)19(14-17-9-5-11-18(13-17)21(22,23)24)20(27)25-12-6-10-16-7-3-2-4-8-16/h2-11,13-14H,12H2,1H3,(H,25,27)/b10-6+,19-14-. The van der Waals surface area contributed by atoms with Gasteiger partial charge in [0.25, 0.3) is 5.91 Å². The highest BCUT2D eigenvalue weighted by atomic mass is 19.4. The number of halogens is 3. The second-order valence-corrected chi connectivity index (χ2v) is 5.76. The van der Waals surface area contributed by atoms with E-state index in [0.29, 0.717) is 0 Å². The number of benzene rings is 2. The molecule has 0 aliphatic heterocycles. The van der Waals surface area contributed by atoms with Crippen molar-refractivity contribution in [1.29, 1.82) is 0 Å². The fraction of sp³-hybridized carbons (Fsp3) is 0.143. The van der Waals surface area contributed by atoms with Crippen molar-refractivity contribution in [1.82, 2.24) is 5.32 Å². The maximum Gasteiger partial charge on any atom is 0.416 e. The van der Waals surface area contributed by atoms with Gasteiger partial charge in [-0.25, -0.2) is 0 Å². The maximum atomic E-state index is 12.8. The van der Waals surface area contributed by atoms with E-state index in [9.17, 15) is 22.8 Å². The summed E-state index contributed by atoms with van der Waals surface area (Å²) in [6.45, 7) is 1.37. The lowest BCUT2D eigenvalue weighted by Crippen LogP contribution is -2.27. The van der Waals surface area contributed by atoms with Gasteiger partial charge in [-0.1, -0.05) is 54.6 Å². The van der Waals surface area contributed by atoms with Crippen molar-refractivity contribution >= 4 is 23.8 Å². The first kappa shape index (κ1) is 20.2. The number of Topliss-reactive ketones (excluding diaryl/α,β-unsaturated/α-hetero) is 1. The molecule has 2 aromatic carbocycles. The zero-order valence-electron chi connectivity index (χ0n) is 14.6. The molecule has 140 valence electrons. The third-order valence-corrected chi connectivity index (χ3v) is 3.64. The zero-order chi connectivity index (χ0) is 19.9. The van der Waals surface area contributed by atoms with Crippen LogP contribution in [-0.2, 0) is 15.8 Å². The van der Waals surface area contributed by atoms with Gasteiger partial charge in [-0.3, -0.25) is 9.59 Å². The van der Waals surface area contributed by atoms with E-state index in [4.69, 9.17) is 0 Å². The number of hydrogen-bond acceptors (Lipinski definition) is 2. The molecule has 0 aliphatic rings. The van der Waals surface area contributed by atoms with Gasteiger partial charge in [0.2, 0.25) is 0 Å². The first-order chi connectivity index (χ1) is 12.8. The first-order valence-corrected chi connectivity index (χ1v) is 8.17. The average molecular weight is 373 g/mol. The van der Waals surface area contributed by atoms with Crippen LogP contribution < -0.4 is 5.32 Å². The number of nitrogens with one attached hydrogen (secondary N) is 1. The molecular formula is C21H18F3NO2. The van der Waals surface area contributed by atoms with Gasteiger partial charge in [0.1, 0.15) is 0 Å². The van der Waals surface area contributed by atoms with E-state index in [1.165, 1.54) is 19.1 Å². The van der Waals surface area contributed by atoms with Gasteiger partial charge in [-0.05, 0) is 36.3 Å². The van der Waals surface area contributed by atoms with Crippen molar-refractivity contribution in [3.8, 4) is 0 Å². The monoisotopic (exact) mass is 373 g/mol. The Morgan fingerprint density at radius 3 is 2.30 bits per heavy atom. The summed E-state index contributed by atoms with van der Waals surface area (Å²) in [7, 11) is 0. The third-order valence-electron chi connectivity index (χ3n) is 3.64. The average Bonchev–Trinajstić information content (AvgIpc) is 2.63. The molecule has 27 heavy (non-hydrogen) atoms.